The zero-order valence-corrected chi connectivity index (χ0v) is 11.7. The molecule has 1 aliphatic carbocycles. The van der Waals surface area contributed by atoms with E-state index in [0.29, 0.717) is 6.04 Å². The highest BCUT2D eigenvalue weighted by molar-refractivity contribution is 6.31. The van der Waals surface area contributed by atoms with Crippen LogP contribution in [0.4, 0.5) is 0 Å². The summed E-state index contributed by atoms with van der Waals surface area (Å²) in [6, 6.07) is 9.07. The lowest BCUT2D eigenvalue weighted by molar-refractivity contribution is 0.265. The van der Waals surface area contributed by atoms with E-state index < -0.39 is 0 Å². The van der Waals surface area contributed by atoms with Gasteiger partial charge in [0.15, 0.2) is 0 Å². The lowest BCUT2D eigenvalue weighted by atomic mass is 9.84. The van der Waals surface area contributed by atoms with E-state index in [0.717, 1.165) is 10.9 Å². The zero-order valence-electron chi connectivity index (χ0n) is 10.9. The van der Waals surface area contributed by atoms with Crippen molar-refractivity contribution >= 4 is 22.5 Å². The summed E-state index contributed by atoms with van der Waals surface area (Å²) in [6.07, 6.45) is 8.97. The van der Waals surface area contributed by atoms with Crippen molar-refractivity contribution in [2.75, 3.05) is 0 Å². The molecule has 0 saturated heterocycles. The largest absolute Gasteiger partial charge is 0.344 e. The molecule has 3 rings (SSSR count). The van der Waals surface area contributed by atoms with Crippen molar-refractivity contribution < 1.29 is 0 Å². The highest BCUT2D eigenvalue weighted by Crippen LogP contribution is 2.36. The molecule has 1 aromatic carbocycles. The molecule has 1 fully saturated rings. The fraction of sp³-hybridized carbons (Fsp3) is 0.500. The summed E-state index contributed by atoms with van der Waals surface area (Å²) in [5.74, 6) is 0.903. The van der Waals surface area contributed by atoms with Gasteiger partial charge < -0.3 is 4.57 Å². The van der Waals surface area contributed by atoms with Crippen molar-refractivity contribution in [3.8, 4) is 0 Å². The molecule has 2 atom stereocenters. The van der Waals surface area contributed by atoms with Gasteiger partial charge in [0, 0.05) is 22.8 Å². The average molecular weight is 262 g/mol. The molecule has 1 aromatic heterocycles. The molecule has 1 aliphatic rings. The Kier molecular flexibility index (Phi) is 3.34. The number of nitrogens with zero attached hydrogens (tertiary/aromatic N) is 1. The number of aromatic nitrogens is 1. The Bertz CT molecular complexity index is 543. The van der Waals surface area contributed by atoms with Gasteiger partial charge in [0.25, 0.3) is 0 Å². The fourth-order valence-corrected chi connectivity index (χ4v) is 3.49. The molecule has 2 aromatic rings. The Morgan fingerprint density at radius 2 is 2.17 bits per heavy atom. The molecule has 1 saturated carbocycles. The predicted molar refractivity (Wildman–Crippen MR) is 78.2 cm³/mol. The van der Waals surface area contributed by atoms with Gasteiger partial charge in [-0.05, 0) is 42.3 Å². The molecule has 1 heterocycles. The molecular formula is C16H20ClN. The van der Waals surface area contributed by atoms with E-state index in [9.17, 15) is 0 Å². The molecule has 0 N–H and O–H groups in total. The van der Waals surface area contributed by atoms with Gasteiger partial charge in [0.2, 0.25) is 0 Å². The van der Waals surface area contributed by atoms with Gasteiger partial charge in [-0.3, -0.25) is 0 Å². The monoisotopic (exact) mass is 261 g/mol. The van der Waals surface area contributed by atoms with Crippen LogP contribution in [0, 0.1) is 5.92 Å². The molecule has 96 valence electrons. The van der Waals surface area contributed by atoms with Crippen molar-refractivity contribution in [1.82, 2.24) is 4.57 Å². The van der Waals surface area contributed by atoms with Crippen molar-refractivity contribution in [2.45, 2.75) is 45.1 Å². The van der Waals surface area contributed by atoms with E-state index in [-0.39, 0.29) is 0 Å². The number of fused-ring (bicyclic) bond motifs is 1. The van der Waals surface area contributed by atoms with E-state index in [1.165, 1.54) is 43.0 Å². The van der Waals surface area contributed by atoms with E-state index >= 15 is 0 Å². The maximum Gasteiger partial charge on any atom is 0.0497 e. The summed E-state index contributed by atoms with van der Waals surface area (Å²) in [6.45, 7) is 2.32. The first-order valence-electron chi connectivity index (χ1n) is 7.04. The third-order valence-corrected chi connectivity index (χ3v) is 4.65. The van der Waals surface area contributed by atoms with E-state index in [2.05, 4.69) is 35.9 Å². The molecule has 18 heavy (non-hydrogen) atoms. The SMILES string of the molecule is CCC1CCCC(n2ccc3ccc(Cl)cc32)C1. The number of rotatable bonds is 2. The minimum absolute atomic E-state index is 0.666. The molecule has 0 radical (unpaired) electrons. The highest BCUT2D eigenvalue weighted by atomic mass is 35.5. The second kappa shape index (κ2) is 4.97. The van der Waals surface area contributed by atoms with E-state index in [4.69, 9.17) is 11.6 Å². The maximum absolute atomic E-state index is 6.13. The first-order chi connectivity index (χ1) is 8.78. The van der Waals surface area contributed by atoms with Crippen LogP contribution in [-0.4, -0.2) is 4.57 Å². The van der Waals surface area contributed by atoms with Crippen LogP contribution in [0.5, 0.6) is 0 Å². The topological polar surface area (TPSA) is 4.93 Å². The van der Waals surface area contributed by atoms with Crippen molar-refractivity contribution in [2.24, 2.45) is 5.92 Å². The smallest absolute Gasteiger partial charge is 0.0497 e. The molecular weight excluding hydrogens is 242 g/mol. The molecule has 0 amide bonds. The second-order valence-corrected chi connectivity index (χ2v) is 5.96. The molecule has 2 heteroatoms. The molecule has 0 spiro atoms. The van der Waals surface area contributed by atoms with Crippen LogP contribution in [0.2, 0.25) is 5.02 Å². The van der Waals surface area contributed by atoms with E-state index in [1.807, 2.05) is 6.07 Å². The number of halogens is 1. The van der Waals surface area contributed by atoms with Gasteiger partial charge in [-0.25, -0.2) is 0 Å². The first kappa shape index (κ1) is 12.1. The third-order valence-electron chi connectivity index (χ3n) is 4.41. The Labute approximate surface area is 114 Å². The van der Waals surface area contributed by atoms with Gasteiger partial charge in [-0.15, -0.1) is 0 Å². The van der Waals surface area contributed by atoms with Crippen LogP contribution < -0.4 is 0 Å². The second-order valence-electron chi connectivity index (χ2n) is 5.52. The number of hydrogen-bond acceptors (Lipinski definition) is 0. The normalized spacial score (nSPS) is 24.6. The van der Waals surface area contributed by atoms with Crippen molar-refractivity contribution in [1.29, 1.82) is 0 Å². The number of benzene rings is 1. The summed E-state index contributed by atoms with van der Waals surface area (Å²) < 4.78 is 2.45. The van der Waals surface area contributed by atoms with Crippen LogP contribution in [0.15, 0.2) is 30.5 Å². The molecule has 2 unspecified atom stereocenters. The molecule has 0 aliphatic heterocycles. The van der Waals surface area contributed by atoms with Gasteiger partial charge in [0.05, 0.1) is 0 Å². The van der Waals surface area contributed by atoms with Crippen LogP contribution >= 0.6 is 11.6 Å². The summed E-state index contributed by atoms with van der Waals surface area (Å²) in [5.41, 5.74) is 1.30. The van der Waals surface area contributed by atoms with Crippen molar-refractivity contribution in [3.63, 3.8) is 0 Å². The summed E-state index contributed by atoms with van der Waals surface area (Å²) in [5, 5.41) is 2.14. The predicted octanol–water partition coefficient (Wildman–Crippen LogP) is 5.44. The average Bonchev–Trinajstić information content (AvgIpc) is 2.81. The zero-order chi connectivity index (χ0) is 12.5. The van der Waals surface area contributed by atoms with Crippen LogP contribution in [0.25, 0.3) is 10.9 Å². The van der Waals surface area contributed by atoms with Gasteiger partial charge in [0.1, 0.15) is 0 Å². The lowest BCUT2D eigenvalue weighted by Gasteiger charge is -2.30. The molecule has 0 bridgehead atoms. The number of hydrogen-bond donors (Lipinski definition) is 0. The van der Waals surface area contributed by atoms with Crippen LogP contribution in [0.3, 0.4) is 0 Å². The van der Waals surface area contributed by atoms with E-state index in [1.54, 1.807) is 0 Å². The Morgan fingerprint density at radius 3 is 3.00 bits per heavy atom. The van der Waals surface area contributed by atoms with Gasteiger partial charge in [-0.1, -0.05) is 43.9 Å². The minimum Gasteiger partial charge on any atom is -0.344 e. The fourth-order valence-electron chi connectivity index (χ4n) is 3.33. The first-order valence-corrected chi connectivity index (χ1v) is 7.42. The van der Waals surface area contributed by atoms with Crippen LogP contribution in [0.1, 0.15) is 45.1 Å². The Hall–Kier alpha value is -0.950. The Morgan fingerprint density at radius 1 is 1.28 bits per heavy atom. The highest BCUT2D eigenvalue weighted by Gasteiger charge is 2.22. The Balaban J connectivity index is 1.96. The van der Waals surface area contributed by atoms with Gasteiger partial charge in [-0.2, -0.15) is 0 Å². The lowest BCUT2D eigenvalue weighted by Crippen LogP contribution is -2.18. The van der Waals surface area contributed by atoms with Gasteiger partial charge >= 0.3 is 0 Å². The summed E-state index contributed by atoms with van der Waals surface area (Å²) >= 11 is 6.13. The van der Waals surface area contributed by atoms with Crippen molar-refractivity contribution in [3.05, 3.63) is 35.5 Å². The standard InChI is InChI=1S/C16H20ClN/c1-2-12-4-3-5-15(10-12)18-9-8-13-6-7-14(17)11-16(13)18/h6-9,11-12,15H,2-5,10H2,1H3. The minimum atomic E-state index is 0.666. The third kappa shape index (κ3) is 2.16. The molecule has 1 nitrogen and oxygen atoms in total. The summed E-state index contributed by atoms with van der Waals surface area (Å²) in [4.78, 5) is 0. The maximum atomic E-state index is 6.13. The quantitative estimate of drug-likeness (QED) is 0.679. The van der Waals surface area contributed by atoms with Crippen LogP contribution in [-0.2, 0) is 0 Å². The summed E-state index contributed by atoms with van der Waals surface area (Å²) in [7, 11) is 0.